The quantitative estimate of drug-likeness (QED) is 0.865. The molecule has 1 aliphatic carbocycles. The summed E-state index contributed by atoms with van der Waals surface area (Å²) in [7, 11) is 0. The maximum absolute atomic E-state index is 9.80. The number of aliphatic hydroxyl groups excluding tert-OH is 1. The lowest BCUT2D eigenvalue weighted by Gasteiger charge is -2.42. The number of ether oxygens (including phenoxy) is 2. The standard InChI is InChI=1S/C14H19NO3/c16-11-13(12-3-1-2-8-15-12)4-6-14(7-5-13)17-9-10-18-14/h1-3,8,16H,4-7,9-11H2. The summed E-state index contributed by atoms with van der Waals surface area (Å²) in [4.78, 5) is 4.42. The Bertz CT molecular complexity index is 391. The van der Waals surface area contributed by atoms with E-state index in [1.54, 1.807) is 6.20 Å². The van der Waals surface area contributed by atoms with Gasteiger partial charge in [-0.05, 0) is 25.0 Å². The summed E-state index contributed by atoms with van der Waals surface area (Å²) >= 11 is 0. The van der Waals surface area contributed by atoms with Crippen LogP contribution >= 0.6 is 0 Å². The molecule has 3 rings (SSSR count). The Labute approximate surface area is 107 Å². The van der Waals surface area contributed by atoms with Gasteiger partial charge < -0.3 is 14.6 Å². The van der Waals surface area contributed by atoms with Crippen molar-refractivity contribution in [3.63, 3.8) is 0 Å². The first-order valence-corrected chi connectivity index (χ1v) is 6.59. The fourth-order valence-electron chi connectivity index (χ4n) is 3.07. The minimum absolute atomic E-state index is 0.139. The van der Waals surface area contributed by atoms with Crippen LogP contribution in [0.15, 0.2) is 24.4 Å². The predicted octanol–water partition coefficient (Wildman–Crippen LogP) is 1.63. The van der Waals surface area contributed by atoms with Gasteiger partial charge in [0, 0.05) is 30.1 Å². The number of pyridine rings is 1. The molecule has 2 heterocycles. The molecule has 0 amide bonds. The van der Waals surface area contributed by atoms with Crippen LogP contribution in [0.25, 0.3) is 0 Å². The first kappa shape index (κ1) is 12.1. The zero-order chi connectivity index (χ0) is 12.5. The summed E-state index contributed by atoms with van der Waals surface area (Å²) in [6.07, 6.45) is 5.19. The van der Waals surface area contributed by atoms with Crippen LogP contribution in [-0.4, -0.2) is 35.7 Å². The van der Waals surface area contributed by atoms with E-state index >= 15 is 0 Å². The molecule has 0 unspecified atom stereocenters. The first-order chi connectivity index (χ1) is 8.79. The highest BCUT2D eigenvalue weighted by atomic mass is 16.7. The number of aliphatic hydroxyl groups is 1. The van der Waals surface area contributed by atoms with Crippen LogP contribution < -0.4 is 0 Å². The summed E-state index contributed by atoms with van der Waals surface area (Å²) in [5, 5.41) is 9.80. The van der Waals surface area contributed by atoms with E-state index in [9.17, 15) is 5.11 Å². The van der Waals surface area contributed by atoms with E-state index in [-0.39, 0.29) is 17.8 Å². The van der Waals surface area contributed by atoms with Crippen molar-refractivity contribution in [1.29, 1.82) is 0 Å². The van der Waals surface area contributed by atoms with Crippen molar-refractivity contribution in [2.24, 2.45) is 0 Å². The summed E-state index contributed by atoms with van der Waals surface area (Å²) in [6.45, 7) is 1.52. The molecule has 0 bridgehead atoms. The van der Waals surface area contributed by atoms with Crippen molar-refractivity contribution in [3.8, 4) is 0 Å². The molecule has 1 saturated heterocycles. The van der Waals surface area contributed by atoms with Gasteiger partial charge in [0.05, 0.1) is 19.8 Å². The Kier molecular flexibility index (Phi) is 3.09. The van der Waals surface area contributed by atoms with Gasteiger partial charge in [0.15, 0.2) is 5.79 Å². The molecule has 98 valence electrons. The Balaban J connectivity index is 1.79. The number of rotatable bonds is 2. The summed E-state index contributed by atoms with van der Waals surface area (Å²) in [5.41, 5.74) is 0.766. The number of nitrogens with zero attached hydrogens (tertiary/aromatic N) is 1. The molecule has 2 aliphatic rings. The van der Waals surface area contributed by atoms with Gasteiger partial charge in [0.25, 0.3) is 0 Å². The van der Waals surface area contributed by atoms with Crippen LogP contribution in [0.3, 0.4) is 0 Å². The average Bonchev–Trinajstić information content (AvgIpc) is 2.90. The molecule has 2 fully saturated rings. The van der Waals surface area contributed by atoms with Crippen LogP contribution in [0.5, 0.6) is 0 Å². The second kappa shape index (κ2) is 4.61. The van der Waals surface area contributed by atoms with Gasteiger partial charge in [0.1, 0.15) is 0 Å². The van der Waals surface area contributed by atoms with Crippen molar-refractivity contribution < 1.29 is 14.6 Å². The Morgan fingerprint density at radius 1 is 1.11 bits per heavy atom. The van der Waals surface area contributed by atoms with Crippen molar-refractivity contribution in [3.05, 3.63) is 30.1 Å². The van der Waals surface area contributed by atoms with Gasteiger partial charge in [-0.15, -0.1) is 0 Å². The highest BCUT2D eigenvalue weighted by Gasteiger charge is 2.47. The summed E-state index contributed by atoms with van der Waals surface area (Å²) < 4.78 is 11.5. The van der Waals surface area contributed by atoms with Gasteiger partial charge in [-0.2, -0.15) is 0 Å². The van der Waals surface area contributed by atoms with E-state index in [0.29, 0.717) is 13.2 Å². The predicted molar refractivity (Wildman–Crippen MR) is 66.1 cm³/mol. The maximum Gasteiger partial charge on any atom is 0.168 e. The molecule has 0 radical (unpaired) electrons. The lowest BCUT2D eigenvalue weighted by atomic mass is 9.70. The molecular formula is C14H19NO3. The van der Waals surface area contributed by atoms with Gasteiger partial charge >= 0.3 is 0 Å². The molecule has 0 atom stereocenters. The molecule has 18 heavy (non-hydrogen) atoms. The van der Waals surface area contributed by atoms with Crippen molar-refractivity contribution in [2.45, 2.75) is 36.9 Å². The van der Waals surface area contributed by atoms with Gasteiger partial charge in [0.2, 0.25) is 0 Å². The summed E-state index contributed by atoms with van der Waals surface area (Å²) in [5.74, 6) is -0.381. The van der Waals surface area contributed by atoms with Crippen molar-refractivity contribution in [2.75, 3.05) is 19.8 Å². The van der Waals surface area contributed by atoms with E-state index in [4.69, 9.17) is 9.47 Å². The number of aromatic nitrogens is 1. The highest BCUT2D eigenvalue weighted by Crippen LogP contribution is 2.45. The van der Waals surface area contributed by atoms with E-state index in [2.05, 4.69) is 4.98 Å². The molecule has 1 aromatic rings. The Hall–Kier alpha value is -0.970. The van der Waals surface area contributed by atoms with Crippen molar-refractivity contribution >= 4 is 0 Å². The Morgan fingerprint density at radius 2 is 1.83 bits per heavy atom. The minimum Gasteiger partial charge on any atom is -0.395 e. The van der Waals surface area contributed by atoms with E-state index < -0.39 is 0 Å². The normalized spacial score (nSPS) is 25.4. The third-order valence-electron chi connectivity index (χ3n) is 4.29. The molecule has 1 N–H and O–H groups in total. The van der Waals surface area contributed by atoms with Crippen LogP contribution in [0.1, 0.15) is 31.4 Å². The smallest absolute Gasteiger partial charge is 0.168 e. The third-order valence-corrected chi connectivity index (χ3v) is 4.29. The fraction of sp³-hybridized carbons (Fsp3) is 0.643. The molecule has 1 spiro atoms. The topological polar surface area (TPSA) is 51.6 Å². The molecule has 4 nitrogen and oxygen atoms in total. The molecule has 0 aromatic carbocycles. The molecule has 4 heteroatoms. The third kappa shape index (κ3) is 1.94. The summed E-state index contributed by atoms with van der Waals surface area (Å²) in [6, 6.07) is 5.89. The van der Waals surface area contributed by atoms with Crippen LogP contribution in [0.2, 0.25) is 0 Å². The fourth-order valence-corrected chi connectivity index (χ4v) is 3.07. The minimum atomic E-state index is -0.381. The molecule has 1 aromatic heterocycles. The molecule has 1 aliphatic heterocycles. The zero-order valence-electron chi connectivity index (χ0n) is 10.5. The zero-order valence-corrected chi connectivity index (χ0v) is 10.5. The van der Waals surface area contributed by atoms with Gasteiger partial charge in [-0.25, -0.2) is 0 Å². The highest BCUT2D eigenvalue weighted by molar-refractivity contribution is 5.19. The van der Waals surface area contributed by atoms with E-state index in [0.717, 1.165) is 31.4 Å². The second-order valence-electron chi connectivity index (χ2n) is 5.26. The first-order valence-electron chi connectivity index (χ1n) is 6.59. The van der Waals surface area contributed by atoms with Crippen molar-refractivity contribution in [1.82, 2.24) is 4.98 Å². The second-order valence-corrected chi connectivity index (χ2v) is 5.26. The number of hydrogen-bond donors (Lipinski definition) is 1. The van der Waals surface area contributed by atoms with Crippen LogP contribution in [0, 0.1) is 0 Å². The van der Waals surface area contributed by atoms with E-state index in [1.807, 2.05) is 18.2 Å². The molecule has 1 saturated carbocycles. The largest absolute Gasteiger partial charge is 0.395 e. The Morgan fingerprint density at radius 3 is 2.39 bits per heavy atom. The lowest BCUT2D eigenvalue weighted by molar-refractivity contribution is -0.187. The van der Waals surface area contributed by atoms with Crippen LogP contribution in [0.4, 0.5) is 0 Å². The SMILES string of the molecule is OCC1(c2ccccn2)CCC2(CC1)OCCO2. The van der Waals surface area contributed by atoms with Gasteiger partial charge in [-0.1, -0.05) is 6.07 Å². The molecular weight excluding hydrogens is 230 g/mol. The average molecular weight is 249 g/mol. The monoisotopic (exact) mass is 249 g/mol. The maximum atomic E-state index is 9.80. The lowest BCUT2D eigenvalue weighted by Crippen LogP contribution is -2.44. The van der Waals surface area contributed by atoms with E-state index in [1.165, 1.54) is 0 Å². The van der Waals surface area contributed by atoms with Crippen LogP contribution in [-0.2, 0) is 14.9 Å². The number of hydrogen-bond acceptors (Lipinski definition) is 4. The van der Waals surface area contributed by atoms with Gasteiger partial charge in [-0.3, -0.25) is 4.98 Å².